The summed E-state index contributed by atoms with van der Waals surface area (Å²) < 4.78 is 47.4. The van der Waals surface area contributed by atoms with E-state index in [0.717, 1.165) is 33.3 Å². The Morgan fingerprint density at radius 2 is 1.97 bits per heavy atom. The fourth-order valence-corrected chi connectivity index (χ4v) is 4.45. The van der Waals surface area contributed by atoms with Gasteiger partial charge >= 0.3 is 0 Å². The highest BCUT2D eigenvalue weighted by atomic mass is 32.2. The Hall–Kier alpha value is -4.02. The molecule has 2 N–H and O–H groups in total. The molecule has 0 aliphatic heterocycles. The zero-order chi connectivity index (χ0) is 28.0. The van der Waals surface area contributed by atoms with Gasteiger partial charge in [-0.2, -0.15) is 0 Å². The Labute approximate surface area is 227 Å². The quantitative estimate of drug-likeness (QED) is 0.166. The number of ether oxygens (including phenoxy) is 1. The molecule has 0 fully saturated rings. The minimum absolute atomic E-state index is 0.0737. The van der Waals surface area contributed by atoms with E-state index in [1.807, 2.05) is 55.5 Å². The van der Waals surface area contributed by atoms with Crippen LogP contribution < -0.4 is 15.4 Å². The number of benzene rings is 2. The van der Waals surface area contributed by atoms with E-state index in [1.54, 1.807) is 6.92 Å². The van der Waals surface area contributed by atoms with E-state index in [2.05, 4.69) is 27.2 Å². The summed E-state index contributed by atoms with van der Waals surface area (Å²) >= 11 is 0. The van der Waals surface area contributed by atoms with Crippen molar-refractivity contribution in [2.45, 2.75) is 20.4 Å². The van der Waals surface area contributed by atoms with Crippen LogP contribution in [0, 0.1) is 6.92 Å². The predicted octanol–water partition coefficient (Wildman–Crippen LogP) is 5.88. The summed E-state index contributed by atoms with van der Waals surface area (Å²) in [5.41, 5.74) is 4.12. The number of rotatable bonds is 12. The Morgan fingerprint density at radius 1 is 1.15 bits per heavy atom. The van der Waals surface area contributed by atoms with Gasteiger partial charge in [0.15, 0.2) is 0 Å². The molecule has 2 aromatic carbocycles. The van der Waals surface area contributed by atoms with Gasteiger partial charge in [-0.15, -0.1) is 0 Å². The zero-order valence-electron chi connectivity index (χ0n) is 22.1. The second-order valence-corrected chi connectivity index (χ2v) is 11.6. The molecular formula is C29H31FN4O4S. The number of allylic oxidation sites excluding steroid dienone is 2. The molecule has 0 spiro atoms. The smallest absolute Gasteiger partial charge is 0.148 e. The van der Waals surface area contributed by atoms with Crippen LogP contribution in [-0.4, -0.2) is 43.5 Å². The summed E-state index contributed by atoms with van der Waals surface area (Å²) in [6, 6.07) is 15.3. The maximum absolute atomic E-state index is 13.0. The molecule has 4 aromatic rings. The molecule has 39 heavy (non-hydrogen) atoms. The van der Waals surface area contributed by atoms with Crippen molar-refractivity contribution in [3.63, 3.8) is 0 Å². The molecule has 8 nitrogen and oxygen atoms in total. The van der Waals surface area contributed by atoms with Gasteiger partial charge in [0.2, 0.25) is 0 Å². The largest absolute Gasteiger partial charge is 0.489 e. The van der Waals surface area contributed by atoms with E-state index in [4.69, 9.17) is 9.15 Å². The molecule has 0 unspecified atom stereocenters. The average molecular weight is 551 g/mol. The van der Waals surface area contributed by atoms with Crippen LogP contribution in [0.2, 0.25) is 0 Å². The number of sulfone groups is 1. The van der Waals surface area contributed by atoms with Gasteiger partial charge in [-0.25, -0.2) is 22.8 Å². The monoisotopic (exact) mass is 550 g/mol. The lowest BCUT2D eigenvalue weighted by Gasteiger charge is -2.13. The maximum atomic E-state index is 13.0. The van der Waals surface area contributed by atoms with E-state index in [0.29, 0.717) is 36.2 Å². The Balaban J connectivity index is 1.48. The van der Waals surface area contributed by atoms with Gasteiger partial charge in [-0.05, 0) is 79.6 Å². The van der Waals surface area contributed by atoms with Crippen molar-refractivity contribution in [2.75, 3.05) is 30.5 Å². The second kappa shape index (κ2) is 12.2. The molecule has 0 radical (unpaired) electrons. The van der Waals surface area contributed by atoms with Gasteiger partial charge < -0.3 is 19.8 Å². The minimum Gasteiger partial charge on any atom is -0.489 e. The van der Waals surface area contributed by atoms with E-state index < -0.39 is 15.7 Å². The molecule has 2 aromatic heterocycles. The lowest BCUT2D eigenvalue weighted by Crippen LogP contribution is -2.21. The maximum Gasteiger partial charge on any atom is 0.148 e. The highest BCUT2D eigenvalue weighted by molar-refractivity contribution is 7.90. The van der Waals surface area contributed by atoms with Gasteiger partial charge in [-0.1, -0.05) is 6.58 Å². The van der Waals surface area contributed by atoms with E-state index >= 15 is 0 Å². The molecule has 0 atom stereocenters. The molecule has 0 aliphatic rings. The van der Waals surface area contributed by atoms with Gasteiger partial charge in [0.1, 0.15) is 51.7 Å². The summed E-state index contributed by atoms with van der Waals surface area (Å²) in [7, 11) is -3.01. The van der Waals surface area contributed by atoms with E-state index in [1.165, 1.54) is 18.7 Å². The van der Waals surface area contributed by atoms with Crippen molar-refractivity contribution in [1.82, 2.24) is 15.3 Å². The summed E-state index contributed by atoms with van der Waals surface area (Å²) in [6.45, 7) is 8.02. The van der Waals surface area contributed by atoms with Crippen molar-refractivity contribution in [1.29, 1.82) is 0 Å². The second-order valence-electron chi connectivity index (χ2n) is 9.36. The predicted molar refractivity (Wildman–Crippen MR) is 153 cm³/mol. The molecule has 0 saturated carbocycles. The number of fused-ring (bicyclic) bond motifs is 1. The van der Waals surface area contributed by atoms with Crippen LogP contribution in [0.15, 0.2) is 83.3 Å². The minimum atomic E-state index is -3.01. The van der Waals surface area contributed by atoms with Crippen LogP contribution in [0.5, 0.6) is 5.75 Å². The van der Waals surface area contributed by atoms with Crippen molar-refractivity contribution in [2.24, 2.45) is 0 Å². The van der Waals surface area contributed by atoms with Gasteiger partial charge in [0.05, 0.1) is 17.8 Å². The van der Waals surface area contributed by atoms with Crippen LogP contribution in [0.4, 0.5) is 15.9 Å². The standard InChI is InChI=1S/C29H31FN4O4S/c1-19(13-21(3)30)17-37-27-9-6-23(14-20(27)2)34-29-25-15-22(5-8-26(25)32-18-33-29)28-10-7-24(38-28)16-31-11-12-39(4,35)36/h5-10,13-15,18,31H,3,11-12,16-17H2,1-2,4H3,(H,32,33,34)/b19-13+. The number of nitrogens with one attached hydrogen (secondary N) is 2. The van der Waals surface area contributed by atoms with Crippen LogP contribution >= 0.6 is 0 Å². The lowest BCUT2D eigenvalue weighted by molar-refractivity contribution is 0.349. The molecule has 0 saturated heterocycles. The normalized spacial score (nSPS) is 12.1. The fourth-order valence-electron chi connectivity index (χ4n) is 3.93. The Kier molecular flexibility index (Phi) is 8.78. The molecule has 0 bridgehead atoms. The summed E-state index contributed by atoms with van der Waals surface area (Å²) in [6.07, 6.45) is 4.07. The number of halogens is 1. The molecule has 0 amide bonds. The molecule has 0 aliphatic carbocycles. The topological polar surface area (TPSA) is 106 Å². The van der Waals surface area contributed by atoms with Crippen LogP contribution in [0.3, 0.4) is 0 Å². The average Bonchev–Trinajstić information content (AvgIpc) is 3.34. The summed E-state index contributed by atoms with van der Waals surface area (Å²) in [5, 5.41) is 7.28. The fraction of sp³-hybridized carbons (Fsp3) is 0.241. The molecule has 10 heteroatoms. The number of nitrogens with zero attached hydrogens (tertiary/aromatic N) is 2. The summed E-state index contributed by atoms with van der Waals surface area (Å²) in [5.74, 6) is 2.31. The summed E-state index contributed by atoms with van der Waals surface area (Å²) in [4.78, 5) is 8.84. The van der Waals surface area contributed by atoms with Crippen molar-refractivity contribution < 1.29 is 22.0 Å². The number of hydrogen-bond acceptors (Lipinski definition) is 8. The Bertz CT molecular complexity index is 1630. The third kappa shape index (κ3) is 7.98. The number of furan rings is 1. The van der Waals surface area contributed by atoms with Gasteiger partial charge in [0, 0.05) is 29.4 Å². The number of aromatic nitrogens is 2. The first-order chi connectivity index (χ1) is 18.6. The number of anilines is 2. The number of aryl methyl sites for hydroxylation is 1. The van der Waals surface area contributed by atoms with E-state index in [-0.39, 0.29) is 12.4 Å². The van der Waals surface area contributed by atoms with Crippen LogP contribution in [0.1, 0.15) is 18.2 Å². The Morgan fingerprint density at radius 3 is 2.72 bits per heavy atom. The third-order valence-corrected chi connectivity index (χ3v) is 6.77. The first kappa shape index (κ1) is 28.0. The van der Waals surface area contributed by atoms with Gasteiger partial charge in [-0.3, -0.25) is 0 Å². The van der Waals surface area contributed by atoms with Crippen LogP contribution in [-0.2, 0) is 16.4 Å². The highest BCUT2D eigenvalue weighted by Gasteiger charge is 2.11. The highest BCUT2D eigenvalue weighted by Crippen LogP contribution is 2.31. The van der Waals surface area contributed by atoms with Crippen molar-refractivity contribution in [3.8, 4) is 17.1 Å². The molecule has 2 heterocycles. The van der Waals surface area contributed by atoms with E-state index in [9.17, 15) is 12.8 Å². The van der Waals surface area contributed by atoms with Crippen LogP contribution in [0.25, 0.3) is 22.2 Å². The third-order valence-electron chi connectivity index (χ3n) is 5.83. The number of hydrogen-bond donors (Lipinski definition) is 2. The van der Waals surface area contributed by atoms with Crippen molar-refractivity contribution in [3.05, 3.63) is 90.2 Å². The SMILES string of the molecule is C=C(F)/C=C(\C)COc1ccc(Nc2ncnc3ccc(-c4ccc(CNCCS(C)(=O)=O)o4)cc23)cc1C. The van der Waals surface area contributed by atoms with Gasteiger partial charge in [0.25, 0.3) is 0 Å². The molecular weight excluding hydrogens is 519 g/mol. The molecule has 204 valence electrons. The first-order valence-electron chi connectivity index (χ1n) is 12.3. The first-order valence-corrected chi connectivity index (χ1v) is 14.4. The zero-order valence-corrected chi connectivity index (χ0v) is 22.9. The van der Waals surface area contributed by atoms with Crippen molar-refractivity contribution >= 4 is 32.2 Å². The molecule has 4 rings (SSSR count). The lowest BCUT2D eigenvalue weighted by atomic mass is 10.1.